The molecule has 0 aliphatic heterocycles. The maximum atomic E-state index is 4.43. The second kappa shape index (κ2) is 10.3. The molecule has 0 saturated heterocycles. The summed E-state index contributed by atoms with van der Waals surface area (Å²) >= 11 is 25.6. The van der Waals surface area contributed by atoms with Crippen LogP contribution in [0.2, 0.25) is 0 Å². The van der Waals surface area contributed by atoms with Crippen molar-refractivity contribution in [3.05, 3.63) is 0 Å². The molecule has 21 heavy (non-hydrogen) atoms. The van der Waals surface area contributed by atoms with Crippen LogP contribution >= 0.6 is 75.8 Å². The first-order chi connectivity index (χ1) is 10.1. The van der Waals surface area contributed by atoms with E-state index < -0.39 is 0 Å². The van der Waals surface area contributed by atoms with Crippen LogP contribution in [0.3, 0.4) is 0 Å². The van der Waals surface area contributed by atoms with Gasteiger partial charge in [0.2, 0.25) is 17.8 Å². The van der Waals surface area contributed by atoms with E-state index in [9.17, 15) is 0 Å². The fourth-order valence-corrected chi connectivity index (χ4v) is 3.11. The fraction of sp³-hybridized carbons (Fsp3) is 0.667. The minimum atomic E-state index is 0.440. The predicted octanol–water partition coefficient (Wildman–Crippen LogP) is 1.61. The van der Waals surface area contributed by atoms with Crippen molar-refractivity contribution in [3.8, 4) is 0 Å². The number of hydrogen-bond donors (Lipinski definition) is 6. The molecular weight excluding hydrogens is 385 g/mol. The van der Waals surface area contributed by atoms with Crippen molar-refractivity contribution in [2.75, 3.05) is 50.0 Å². The van der Waals surface area contributed by atoms with Gasteiger partial charge in [0.1, 0.15) is 0 Å². The van der Waals surface area contributed by atoms with Crippen LogP contribution in [0.15, 0.2) is 0 Å². The molecule has 1 aromatic rings. The van der Waals surface area contributed by atoms with Gasteiger partial charge in [-0.15, -0.1) is 0 Å². The Kier molecular flexibility index (Phi) is 9.61. The molecule has 0 N–H and O–H groups in total. The smallest absolute Gasteiger partial charge is 0.233 e. The largest absolute Gasteiger partial charge is 0.323 e. The van der Waals surface area contributed by atoms with Gasteiger partial charge in [0.25, 0.3) is 0 Å². The van der Waals surface area contributed by atoms with Gasteiger partial charge in [0.05, 0.1) is 35.3 Å². The van der Waals surface area contributed by atoms with Gasteiger partial charge in [0, 0.05) is 0 Å². The third-order valence-corrected chi connectivity index (χ3v) is 4.52. The number of aromatic nitrogens is 3. The predicted molar refractivity (Wildman–Crippen MR) is 110 cm³/mol. The molecule has 0 bridgehead atoms. The summed E-state index contributed by atoms with van der Waals surface area (Å²) in [5.41, 5.74) is 0. The van der Waals surface area contributed by atoms with Crippen LogP contribution in [0.4, 0.5) is 17.8 Å². The second-order valence-electron chi connectivity index (χ2n) is 3.70. The third-order valence-electron chi connectivity index (χ3n) is 2.47. The van der Waals surface area contributed by atoms with Crippen LogP contribution < -0.4 is 14.7 Å². The van der Waals surface area contributed by atoms with Crippen LogP contribution in [0.25, 0.3) is 0 Å². The fourth-order valence-electron chi connectivity index (χ4n) is 1.28. The molecule has 0 atom stereocenters. The average molecular weight is 403 g/mol. The van der Waals surface area contributed by atoms with Crippen LogP contribution in [0, 0.1) is 0 Å². The zero-order chi connectivity index (χ0) is 15.8. The van der Waals surface area contributed by atoms with Gasteiger partial charge < -0.3 is 14.7 Å². The van der Waals surface area contributed by atoms with E-state index in [0.29, 0.717) is 53.1 Å². The lowest BCUT2D eigenvalue weighted by Gasteiger charge is -2.25. The van der Waals surface area contributed by atoms with Crippen LogP contribution in [0.1, 0.15) is 0 Å². The zero-order valence-corrected chi connectivity index (χ0v) is 16.5. The number of thiol groups is 6. The molecule has 0 amide bonds. The van der Waals surface area contributed by atoms with E-state index in [1.807, 2.05) is 0 Å². The summed E-state index contributed by atoms with van der Waals surface area (Å²) in [6, 6.07) is 0. The molecule has 1 heterocycles. The van der Waals surface area contributed by atoms with Gasteiger partial charge >= 0.3 is 0 Å². The highest BCUT2D eigenvalue weighted by Crippen LogP contribution is 2.21. The second-order valence-corrected chi connectivity index (χ2v) is 5.40. The first-order valence-electron chi connectivity index (χ1n) is 5.81. The SMILES string of the molecule is SCN(CS)c1nc(N(CS)CS)nc(N(CS)CS)n1. The number of anilines is 3. The Hall–Kier alpha value is 0.510. The maximum Gasteiger partial charge on any atom is 0.233 e. The van der Waals surface area contributed by atoms with E-state index in [-0.39, 0.29) is 0 Å². The molecule has 0 fully saturated rings. The van der Waals surface area contributed by atoms with E-state index in [4.69, 9.17) is 0 Å². The minimum absolute atomic E-state index is 0.440. The molecule has 1 rings (SSSR count). The number of hydrogen-bond acceptors (Lipinski definition) is 12. The molecule has 12 heteroatoms. The quantitative estimate of drug-likeness (QED) is 0.279. The molecule has 0 radical (unpaired) electrons. The summed E-state index contributed by atoms with van der Waals surface area (Å²) in [6.45, 7) is 0. The lowest BCUT2D eigenvalue weighted by Crippen LogP contribution is -2.30. The van der Waals surface area contributed by atoms with E-state index in [2.05, 4.69) is 90.7 Å². The molecule has 0 spiro atoms. The minimum Gasteiger partial charge on any atom is -0.323 e. The standard InChI is InChI=1S/C9H18N6S6/c16-1-13(2-17)7-10-8(14(3-18)4-19)12-9(11-7)15(5-20)6-21/h16-21H,1-6H2. The first kappa shape index (κ1) is 19.6. The molecule has 0 aromatic carbocycles. The van der Waals surface area contributed by atoms with E-state index in [1.54, 1.807) is 14.7 Å². The Labute approximate surface area is 157 Å². The van der Waals surface area contributed by atoms with Crippen LogP contribution in [-0.4, -0.2) is 50.2 Å². The van der Waals surface area contributed by atoms with Crippen molar-refractivity contribution in [1.82, 2.24) is 15.0 Å². The van der Waals surface area contributed by atoms with Crippen molar-refractivity contribution in [1.29, 1.82) is 0 Å². The highest BCUT2D eigenvalue weighted by molar-refractivity contribution is 7.82. The Bertz CT molecular complexity index is 351. The topological polar surface area (TPSA) is 48.4 Å². The molecule has 1 aromatic heterocycles. The van der Waals surface area contributed by atoms with Crippen molar-refractivity contribution >= 4 is 93.6 Å². The Morgan fingerprint density at radius 3 is 0.810 bits per heavy atom. The number of rotatable bonds is 9. The summed E-state index contributed by atoms with van der Waals surface area (Å²) in [6.07, 6.45) is 0. The third kappa shape index (κ3) is 5.27. The molecule has 0 unspecified atom stereocenters. The lowest BCUT2D eigenvalue weighted by molar-refractivity contribution is 0.859. The summed E-state index contributed by atoms with van der Waals surface area (Å²) in [5, 5.41) is 0. The molecule has 6 nitrogen and oxygen atoms in total. The Morgan fingerprint density at radius 1 is 0.476 bits per heavy atom. The molecule has 0 aliphatic carbocycles. The summed E-state index contributed by atoms with van der Waals surface area (Å²) in [4.78, 5) is 18.7. The van der Waals surface area contributed by atoms with E-state index in [1.165, 1.54) is 0 Å². The van der Waals surface area contributed by atoms with Crippen LogP contribution in [0.5, 0.6) is 0 Å². The normalized spacial score (nSPS) is 10.6. The highest BCUT2D eigenvalue weighted by Gasteiger charge is 2.17. The van der Waals surface area contributed by atoms with Gasteiger partial charge in [-0.1, -0.05) is 0 Å². The van der Waals surface area contributed by atoms with Crippen molar-refractivity contribution in [2.24, 2.45) is 0 Å². The lowest BCUT2D eigenvalue weighted by atomic mass is 10.7. The Morgan fingerprint density at radius 2 is 0.667 bits per heavy atom. The first-order valence-corrected chi connectivity index (χ1v) is 9.60. The molecule has 0 saturated carbocycles. The molecule has 0 aliphatic rings. The summed E-state index contributed by atoms with van der Waals surface area (Å²) in [7, 11) is 0. The van der Waals surface area contributed by atoms with Gasteiger partial charge in [-0.3, -0.25) is 0 Å². The van der Waals surface area contributed by atoms with Crippen LogP contribution in [-0.2, 0) is 0 Å². The monoisotopic (exact) mass is 402 g/mol. The van der Waals surface area contributed by atoms with Crippen molar-refractivity contribution < 1.29 is 0 Å². The van der Waals surface area contributed by atoms with Gasteiger partial charge in [0.15, 0.2) is 0 Å². The van der Waals surface area contributed by atoms with Gasteiger partial charge in [-0.25, -0.2) is 0 Å². The van der Waals surface area contributed by atoms with Crippen molar-refractivity contribution in [3.63, 3.8) is 0 Å². The van der Waals surface area contributed by atoms with E-state index >= 15 is 0 Å². The van der Waals surface area contributed by atoms with Gasteiger partial charge in [-0.2, -0.15) is 90.7 Å². The maximum absolute atomic E-state index is 4.43. The number of nitrogens with zero attached hydrogens (tertiary/aromatic N) is 6. The molecular formula is C9H18N6S6. The zero-order valence-electron chi connectivity index (χ0n) is 11.1. The molecule has 120 valence electrons. The highest BCUT2D eigenvalue weighted by atomic mass is 32.1. The van der Waals surface area contributed by atoms with Gasteiger partial charge in [-0.05, 0) is 0 Å². The summed E-state index contributed by atoms with van der Waals surface area (Å²) < 4.78 is 0. The summed E-state index contributed by atoms with van der Waals surface area (Å²) in [5.74, 6) is 4.11. The Balaban J connectivity index is 3.30. The van der Waals surface area contributed by atoms with Crippen molar-refractivity contribution in [2.45, 2.75) is 0 Å². The van der Waals surface area contributed by atoms with E-state index in [0.717, 1.165) is 0 Å². The average Bonchev–Trinajstić information content (AvgIpc) is 2.51.